The van der Waals surface area contributed by atoms with Crippen LogP contribution in [0.1, 0.15) is 24.8 Å². The molecule has 6 heteroatoms. The van der Waals surface area contributed by atoms with Gasteiger partial charge >= 0.3 is 0 Å². The van der Waals surface area contributed by atoms with Crippen molar-refractivity contribution >= 4 is 5.69 Å². The molecule has 0 spiro atoms. The van der Waals surface area contributed by atoms with Gasteiger partial charge < -0.3 is 14.8 Å². The van der Waals surface area contributed by atoms with Crippen LogP contribution in [0.4, 0.5) is 5.69 Å². The maximum absolute atomic E-state index is 10.8. The Bertz CT molecular complexity index is 458. The van der Waals surface area contributed by atoms with Gasteiger partial charge in [0.05, 0.1) is 18.1 Å². The molecule has 6 nitrogen and oxygen atoms in total. The van der Waals surface area contributed by atoms with E-state index in [0.717, 1.165) is 31.6 Å². The molecule has 0 saturated carbocycles. The first kappa shape index (κ1) is 14.7. The van der Waals surface area contributed by atoms with Crippen LogP contribution in [-0.2, 0) is 11.3 Å². The fourth-order valence-electron chi connectivity index (χ4n) is 2.35. The van der Waals surface area contributed by atoms with Crippen molar-refractivity contribution in [1.82, 2.24) is 5.32 Å². The minimum Gasteiger partial charge on any atom is -0.496 e. The van der Waals surface area contributed by atoms with Crippen LogP contribution < -0.4 is 10.1 Å². The summed E-state index contributed by atoms with van der Waals surface area (Å²) in [5, 5.41) is 14.1. The van der Waals surface area contributed by atoms with Crippen molar-refractivity contribution < 1.29 is 14.4 Å². The van der Waals surface area contributed by atoms with E-state index in [1.807, 2.05) is 0 Å². The van der Waals surface area contributed by atoms with E-state index >= 15 is 0 Å². The number of ether oxygens (including phenoxy) is 2. The molecule has 1 heterocycles. The Morgan fingerprint density at radius 2 is 2.35 bits per heavy atom. The van der Waals surface area contributed by atoms with Gasteiger partial charge in [-0.15, -0.1) is 0 Å². The van der Waals surface area contributed by atoms with E-state index in [9.17, 15) is 10.1 Å². The standard InChI is InChI=1S/C14H20N2O4/c1-19-14-6-5-12(16(17)18)8-11(14)9-15-10-13-4-2-3-7-20-13/h5-6,8,13,15H,2-4,7,9-10H2,1H3. The summed E-state index contributed by atoms with van der Waals surface area (Å²) in [5.41, 5.74) is 0.869. The predicted molar refractivity (Wildman–Crippen MR) is 74.9 cm³/mol. The van der Waals surface area contributed by atoms with Gasteiger partial charge in [-0.1, -0.05) is 0 Å². The summed E-state index contributed by atoms with van der Waals surface area (Å²) in [6.45, 7) is 2.11. The highest BCUT2D eigenvalue weighted by molar-refractivity contribution is 5.43. The van der Waals surface area contributed by atoms with E-state index in [2.05, 4.69) is 5.32 Å². The fourth-order valence-corrected chi connectivity index (χ4v) is 2.35. The number of nitro groups is 1. The molecule has 110 valence electrons. The van der Waals surface area contributed by atoms with Crippen LogP contribution in [0.3, 0.4) is 0 Å². The third kappa shape index (κ3) is 3.91. The zero-order valence-corrected chi connectivity index (χ0v) is 11.6. The molecule has 1 aromatic rings. The molecule has 1 saturated heterocycles. The van der Waals surface area contributed by atoms with Gasteiger partial charge in [0.25, 0.3) is 5.69 Å². The fraction of sp³-hybridized carbons (Fsp3) is 0.571. The number of methoxy groups -OCH3 is 1. The Morgan fingerprint density at radius 3 is 3.00 bits per heavy atom. The van der Waals surface area contributed by atoms with Gasteiger partial charge in [0.1, 0.15) is 5.75 Å². The maximum atomic E-state index is 10.8. The normalized spacial score (nSPS) is 18.8. The van der Waals surface area contributed by atoms with Crippen LogP contribution in [0.25, 0.3) is 0 Å². The first-order valence-electron chi connectivity index (χ1n) is 6.84. The van der Waals surface area contributed by atoms with Crippen LogP contribution in [0, 0.1) is 10.1 Å². The summed E-state index contributed by atoms with van der Waals surface area (Å²) in [5.74, 6) is 0.660. The summed E-state index contributed by atoms with van der Waals surface area (Å²) < 4.78 is 10.9. The molecule has 1 aliphatic rings. The molecule has 0 bridgehead atoms. The largest absolute Gasteiger partial charge is 0.496 e. The van der Waals surface area contributed by atoms with E-state index in [4.69, 9.17) is 9.47 Å². The summed E-state index contributed by atoms with van der Waals surface area (Å²) >= 11 is 0. The Hall–Kier alpha value is -1.66. The number of rotatable bonds is 6. The molecule has 0 radical (unpaired) electrons. The third-order valence-corrected chi connectivity index (χ3v) is 3.44. The lowest BCUT2D eigenvalue weighted by atomic mass is 10.1. The summed E-state index contributed by atoms with van der Waals surface area (Å²) in [4.78, 5) is 10.4. The van der Waals surface area contributed by atoms with E-state index in [1.54, 1.807) is 19.2 Å². The minimum atomic E-state index is -0.396. The SMILES string of the molecule is COc1ccc([N+](=O)[O-])cc1CNCC1CCCCO1. The monoisotopic (exact) mass is 280 g/mol. The lowest BCUT2D eigenvalue weighted by Gasteiger charge is -2.23. The Balaban J connectivity index is 1.93. The second-order valence-electron chi connectivity index (χ2n) is 4.87. The molecule has 1 N–H and O–H groups in total. The maximum Gasteiger partial charge on any atom is 0.270 e. The summed E-state index contributed by atoms with van der Waals surface area (Å²) in [7, 11) is 1.56. The van der Waals surface area contributed by atoms with Crippen LogP contribution in [0.2, 0.25) is 0 Å². The summed E-state index contributed by atoms with van der Waals surface area (Å²) in [6.07, 6.45) is 3.65. The zero-order chi connectivity index (χ0) is 14.4. The van der Waals surface area contributed by atoms with Gasteiger partial charge in [0.15, 0.2) is 0 Å². The van der Waals surface area contributed by atoms with Crippen molar-refractivity contribution in [2.75, 3.05) is 20.3 Å². The Morgan fingerprint density at radius 1 is 1.50 bits per heavy atom. The quantitative estimate of drug-likeness (QED) is 0.639. The van der Waals surface area contributed by atoms with E-state index in [-0.39, 0.29) is 11.8 Å². The van der Waals surface area contributed by atoms with E-state index < -0.39 is 4.92 Å². The van der Waals surface area contributed by atoms with Gasteiger partial charge in [-0.05, 0) is 25.3 Å². The number of nitrogens with one attached hydrogen (secondary N) is 1. The molecule has 0 aliphatic carbocycles. The molecule has 1 atom stereocenters. The summed E-state index contributed by atoms with van der Waals surface area (Å²) in [6, 6.07) is 4.63. The van der Waals surface area contributed by atoms with Crippen LogP contribution >= 0.6 is 0 Å². The first-order chi connectivity index (χ1) is 9.70. The van der Waals surface area contributed by atoms with E-state index in [0.29, 0.717) is 12.3 Å². The predicted octanol–water partition coefficient (Wildman–Crippen LogP) is 2.26. The number of benzene rings is 1. The Kier molecular flexibility index (Phi) is 5.31. The molecular weight excluding hydrogens is 260 g/mol. The number of non-ortho nitro benzene ring substituents is 1. The number of hydrogen-bond donors (Lipinski definition) is 1. The van der Waals surface area contributed by atoms with Crippen LogP contribution in [-0.4, -0.2) is 31.3 Å². The molecule has 1 unspecified atom stereocenters. The topological polar surface area (TPSA) is 73.6 Å². The van der Waals surface area contributed by atoms with Crippen molar-refractivity contribution in [3.63, 3.8) is 0 Å². The average molecular weight is 280 g/mol. The van der Waals surface area contributed by atoms with Crippen molar-refractivity contribution in [3.05, 3.63) is 33.9 Å². The molecule has 0 aromatic heterocycles. The second-order valence-corrected chi connectivity index (χ2v) is 4.87. The highest BCUT2D eigenvalue weighted by Gasteiger charge is 2.15. The van der Waals surface area contributed by atoms with Crippen molar-refractivity contribution in [3.8, 4) is 5.75 Å². The van der Waals surface area contributed by atoms with Gasteiger partial charge in [-0.2, -0.15) is 0 Å². The van der Waals surface area contributed by atoms with Crippen LogP contribution in [0.15, 0.2) is 18.2 Å². The van der Waals surface area contributed by atoms with E-state index in [1.165, 1.54) is 12.5 Å². The van der Waals surface area contributed by atoms with Gasteiger partial charge in [0, 0.05) is 37.4 Å². The smallest absolute Gasteiger partial charge is 0.270 e. The van der Waals surface area contributed by atoms with Gasteiger partial charge in [-0.25, -0.2) is 0 Å². The minimum absolute atomic E-state index is 0.0801. The molecule has 0 amide bonds. The Labute approximate surface area is 118 Å². The lowest BCUT2D eigenvalue weighted by Crippen LogP contribution is -2.31. The third-order valence-electron chi connectivity index (χ3n) is 3.44. The number of nitrogens with zero attached hydrogens (tertiary/aromatic N) is 1. The molecule has 1 fully saturated rings. The van der Waals surface area contributed by atoms with Gasteiger partial charge in [-0.3, -0.25) is 10.1 Å². The lowest BCUT2D eigenvalue weighted by molar-refractivity contribution is -0.384. The highest BCUT2D eigenvalue weighted by Crippen LogP contribution is 2.23. The van der Waals surface area contributed by atoms with Crippen molar-refractivity contribution in [1.29, 1.82) is 0 Å². The molecular formula is C14H20N2O4. The molecule has 1 aliphatic heterocycles. The highest BCUT2D eigenvalue weighted by atomic mass is 16.6. The van der Waals surface area contributed by atoms with Gasteiger partial charge in [0.2, 0.25) is 0 Å². The first-order valence-corrected chi connectivity index (χ1v) is 6.84. The molecule has 20 heavy (non-hydrogen) atoms. The van der Waals surface area contributed by atoms with Crippen molar-refractivity contribution in [2.24, 2.45) is 0 Å². The second kappa shape index (κ2) is 7.21. The number of nitro benzene ring substituents is 1. The molecule has 1 aromatic carbocycles. The van der Waals surface area contributed by atoms with Crippen molar-refractivity contribution in [2.45, 2.75) is 31.9 Å². The number of hydrogen-bond acceptors (Lipinski definition) is 5. The average Bonchev–Trinajstić information content (AvgIpc) is 2.48. The zero-order valence-electron chi connectivity index (χ0n) is 11.6. The molecule has 2 rings (SSSR count). The van der Waals surface area contributed by atoms with Crippen LogP contribution in [0.5, 0.6) is 5.75 Å².